The van der Waals surface area contributed by atoms with Gasteiger partial charge in [0.2, 0.25) is 0 Å². The molecule has 0 saturated heterocycles. The molecule has 1 amide bonds. The van der Waals surface area contributed by atoms with Crippen LogP contribution in [0.15, 0.2) is 47.9 Å². The summed E-state index contributed by atoms with van der Waals surface area (Å²) in [5.74, 6) is -2.24. The molecule has 11 heteroatoms. The van der Waals surface area contributed by atoms with Crippen molar-refractivity contribution in [2.24, 2.45) is 0 Å². The van der Waals surface area contributed by atoms with Gasteiger partial charge in [-0.15, -0.1) is 13.2 Å². The highest BCUT2D eigenvalue weighted by atomic mass is 35.5. The van der Waals surface area contributed by atoms with Gasteiger partial charge in [-0.2, -0.15) is 0 Å². The van der Waals surface area contributed by atoms with E-state index >= 15 is 0 Å². The Bertz CT molecular complexity index is 973. The number of carbonyl (C=O) groups is 1. The van der Waals surface area contributed by atoms with Crippen LogP contribution in [0.5, 0.6) is 5.75 Å². The number of amides is 1. The van der Waals surface area contributed by atoms with Crippen molar-refractivity contribution in [2.75, 3.05) is 0 Å². The average molecular weight is 424 g/mol. The first-order valence-electron chi connectivity index (χ1n) is 7.01. The third kappa shape index (κ3) is 6.57. The Labute approximate surface area is 156 Å². The van der Waals surface area contributed by atoms with Crippen LogP contribution in [-0.2, 0) is 10.0 Å². The van der Waals surface area contributed by atoms with E-state index in [0.29, 0.717) is 5.41 Å². The highest BCUT2D eigenvalue weighted by Crippen LogP contribution is 2.23. The Kier molecular flexibility index (Phi) is 6.11. The van der Waals surface area contributed by atoms with Crippen LogP contribution in [0.25, 0.3) is 6.08 Å². The molecule has 2 aromatic carbocycles. The van der Waals surface area contributed by atoms with Crippen molar-refractivity contribution in [3.05, 3.63) is 69.8 Å². The summed E-state index contributed by atoms with van der Waals surface area (Å²) >= 11 is 5.68. The van der Waals surface area contributed by atoms with E-state index in [9.17, 15) is 30.8 Å². The average Bonchev–Trinajstić information content (AvgIpc) is 2.52. The molecule has 0 spiro atoms. The van der Waals surface area contributed by atoms with Gasteiger partial charge in [0.05, 0.1) is 16.0 Å². The molecule has 27 heavy (non-hydrogen) atoms. The Balaban J connectivity index is 2.08. The number of hydrogen-bond donors (Lipinski definition) is 1. The molecule has 0 unspecified atom stereocenters. The number of sulfonamides is 1. The maximum absolute atomic E-state index is 13.0. The minimum atomic E-state index is -4.84. The topological polar surface area (TPSA) is 72.5 Å². The van der Waals surface area contributed by atoms with Crippen LogP contribution in [0.4, 0.5) is 17.6 Å². The first kappa shape index (κ1) is 20.7. The molecule has 0 atom stereocenters. The third-order valence-corrected chi connectivity index (χ3v) is 4.24. The maximum Gasteiger partial charge on any atom is 0.573 e. The zero-order valence-electron chi connectivity index (χ0n) is 13.1. The number of halogens is 5. The number of benzene rings is 2. The van der Waals surface area contributed by atoms with Crippen molar-refractivity contribution in [3.63, 3.8) is 0 Å². The predicted octanol–water partition coefficient (Wildman–Crippen LogP) is 4.11. The molecule has 0 saturated carbocycles. The zero-order chi connectivity index (χ0) is 20.2. The van der Waals surface area contributed by atoms with Gasteiger partial charge in [-0.05, 0) is 42.0 Å². The number of carbonyl (C=O) groups excluding carboxylic acids is 1. The fraction of sp³-hybridized carbons (Fsp3) is 0.0625. The number of ether oxygens (including phenoxy) is 1. The minimum Gasteiger partial charge on any atom is -0.406 e. The van der Waals surface area contributed by atoms with Gasteiger partial charge in [0.15, 0.2) is 0 Å². The van der Waals surface area contributed by atoms with Gasteiger partial charge in [-0.3, -0.25) is 4.79 Å². The van der Waals surface area contributed by atoms with Crippen LogP contribution < -0.4 is 9.46 Å². The lowest BCUT2D eigenvalue weighted by Crippen LogP contribution is -2.29. The molecule has 2 aromatic rings. The quantitative estimate of drug-likeness (QED) is 0.735. The Hall–Kier alpha value is -2.59. The van der Waals surface area contributed by atoms with Gasteiger partial charge >= 0.3 is 6.36 Å². The van der Waals surface area contributed by atoms with E-state index in [1.807, 2.05) is 0 Å². The normalized spacial score (nSPS) is 12.2. The fourth-order valence-electron chi connectivity index (χ4n) is 1.84. The number of alkyl halides is 3. The molecule has 0 aliphatic rings. The second-order valence-electron chi connectivity index (χ2n) is 5.02. The van der Waals surface area contributed by atoms with Crippen LogP contribution in [0, 0.1) is 5.82 Å². The molecule has 0 aliphatic carbocycles. The second kappa shape index (κ2) is 7.97. The summed E-state index contributed by atoms with van der Waals surface area (Å²) in [6.07, 6.45) is -3.79. The first-order chi connectivity index (χ1) is 12.5. The van der Waals surface area contributed by atoms with Crippen molar-refractivity contribution < 1.29 is 35.5 Å². The zero-order valence-corrected chi connectivity index (χ0v) is 14.7. The molecule has 2 rings (SSSR count). The van der Waals surface area contributed by atoms with Crippen molar-refractivity contribution >= 4 is 33.6 Å². The summed E-state index contributed by atoms with van der Waals surface area (Å²) in [7, 11) is -4.24. The van der Waals surface area contributed by atoms with E-state index in [0.717, 1.165) is 36.4 Å². The Morgan fingerprint density at radius 2 is 1.74 bits per heavy atom. The van der Waals surface area contributed by atoms with E-state index < -0.39 is 33.9 Å². The molecule has 144 valence electrons. The number of hydrogen-bond acceptors (Lipinski definition) is 4. The lowest BCUT2D eigenvalue weighted by molar-refractivity contribution is -0.274. The molecule has 5 nitrogen and oxygen atoms in total. The third-order valence-electron chi connectivity index (χ3n) is 2.96. The fourth-order valence-corrected chi connectivity index (χ4v) is 2.87. The van der Waals surface area contributed by atoms with E-state index in [4.69, 9.17) is 11.6 Å². The van der Waals surface area contributed by atoms with Crippen LogP contribution in [0.1, 0.15) is 15.9 Å². The van der Waals surface area contributed by atoms with Crippen molar-refractivity contribution in [1.29, 1.82) is 0 Å². The highest BCUT2D eigenvalue weighted by molar-refractivity contribution is 7.93. The SMILES string of the molecule is O=C(NS(=O)(=O)/C=C/c1ccc(OC(F)(F)F)cc1)c1ccc(F)cc1Cl. The molecule has 0 bridgehead atoms. The van der Waals surface area contributed by atoms with Crippen molar-refractivity contribution in [1.82, 2.24) is 4.72 Å². The summed E-state index contributed by atoms with van der Waals surface area (Å²) in [6, 6.07) is 7.17. The van der Waals surface area contributed by atoms with Crippen LogP contribution in [0.3, 0.4) is 0 Å². The van der Waals surface area contributed by atoms with Crippen LogP contribution in [-0.4, -0.2) is 20.7 Å². The van der Waals surface area contributed by atoms with E-state index in [1.54, 1.807) is 4.72 Å². The van der Waals surface area contributed by atoms with Crippen molar-refractivity contribution in [3.8, 4) is 5.75 Å². The van der Waals surface area contributed by atoms with E-state index in [-0.39, 0.29) is 16.1 Å². The van der Waals surface area contributed by atoms with Gasteiger partial charge in [0, 0.05) is 0 Å². The molecule has 0 fully saturated rings. The lowest BCUT2D eigenvalue weighted by atomic mass is 10.2. The van der Waals surface area contributed by atoms with Crippen molar-refractivity contribution in [2.45, 2.75) is 6.36 Å². The van der Waals surface area contributed by atoms with Gasteiger partial charge in [-0.25, -0.2) is 17.5 Å². The summed E-state index contributed by atoms with van der Waals surface area (Å²) in [5.41, 5.74) is -0.00847. The number of nitrogens with one attached hydrogen (secondary N) is 1. The van der Waals surface area contributed by atoms with Gasteiger partial charge in [0.1, 0.15) is 11.6 Å². The summed E-state index contributed by atoms with van der Waals surface area (Å²) in [6.45, 7) is 0. The monoisotopic (exact) mass is 423 g/mol. The Morgan fingerprint density at radius 3 is 2.30 bits per heavy atom. The largest absolute Gasteiger partial charge is 0.573 e. The molecule has 1 N–H and O–H groups in total. The van der Waals surface area contributed by atoms with Crippen LogP contribution >= 0.6 is 11.6 Å². The molecule has 0 aliphatic heterocycles. The molecule has 0 heterocycles. The summed E-state index contributed by atoms with van der Waals surface area (Å²) in [4.78, 5) is 11.9. The van der Waals surface area contributed by atoms with Gasteiger partial charge < -0.3 is 4.74 Å². The first-order valence-corrected chi connectivity index (χ1v) is 8.94. The second-order valence-corrected chi connectivity index (χ2v) is 6.99. The molecule has 0 aromatic heterocycles. The smallest absolute Gasteiger partial charge is 0.406 e. The molecular weight excluding hydrogens is 414 g/mol. The molecular formula is C16H10ClF4NO4S. The highest BCUT2D eigenvalue weighted by Gasteiger charge is 2.30. The predicted molar refractivity (Wildman–Crippen MR) is 90.0 cm³/mol. The van der Waals surface area contributed by atoms with E-state index in [1.165, 1.54) is 12.1 Å². The van der Waals surface area contributed by atoms with Crippen LogP contribution in [0.2, 0.25) is 5.02 Å². The lowest BCUT2D eigenvalue weighted by Gasteiger charge is -2.08. The Morgan fingerprint density at radius 1 is 1.11 bits per heavy atom. The minimum absolute atomic E-state index is 0.238. The summed E-state index contributed by atoms with van der Waals surface area (Å²) < 4.78 is 78.4. The maximum atomic E-state index is 13.0. The van der Waals surface area contributed by atoms with Gasteiger partial charge in [-0.1, -0.05) is 23.7 Å². The van der Waals surface area contributed by atoms with E-state index in [2.05, 4.69) is 4.74 Å². The number of rotatable bonds is 5. The standard InChI is InChI=1S/C16H10ClF4NO4S/c17-14-9-11(18)3-6-13(14)15(23)22-27(24,25)8-7-10-1-4-12(5-2-10)26-16(19,20)21/h1-9H,(H,22,23)/b8-7+. The molecule has 0 radical (unpaired) electrons. The van der Waals surface area contributed by atoms with Gasteiger partial charge in [0.25, 0.3) is 15.9 Å². The summed E-state index contributed by atoms with van der Waals surface area (Å²) in [5, 5.41) is 0.369.